The van der Waals surface area contributed by atoms with Crippen LogP contribution in [0.4, 0.5) is 0 Å². The number of cyclic esters (lactones) is 1. The number of fused-ring (bicyclic) bond motifs is 3. The third-order valence-electron chi connectivity index (χ3n) is 13.3. The molecule has 350 valence electrons. The molecule has 0 radical (unpaired) electrons. The largest absolute Gasteiger partial charge is 0.457 e. The Morgan fingerprint density at radius 1 is 0.887 bits per heavy atom. The number of allylic oxidation sites excluding steroid dienone is 4. The van der Waals surface area contributed by atoms with E-state index >= 15 is 0 Å². The molecule has 62 heavy (non-hydrogen) atoms. The molecule has 3 aliphatic heterocycles. The first-order valence-electron chi connectivity index (χ1n) is 23.1. The van der Waals surface area contributed by atoms with Gasteiger partial charge in [0.15, 0.2) is 5.78 Å². The van der Waals surface area contributed by atoms with Gasteiger partial charge in [0.25, 0.3) is 5.91 Å². The number of methoxy groups -OCH3 is 2. The lowest BCUT2D eigenvalue weighted by Gasteiger charge is -2.43. The van der Waals surface area contributed by atoms with Crippen molar-refractivity contribution in [1.29, 1.82) is 0 Å². The van der Waals surface area contributed by atoms with Crippen molar-refractivity contribution in [2.75, 3.05) is 20.8 Å². The number of esters is 2. The van der Waals surface area contributed by atoms with E-state index in [1.54, 1.807) is 48.0 Å². The summed E-state index contributed by atoms with van der Waals surface area (Å²) in [6, 6.07) is -1.03. The predicted octanol–water partition coefficient (Wildman–Crippen LogP) is 6.65. The summed E-state index contributed by atoms with van der Waals surface area (Å²) in [7, 11) is 3.20. The highest BCUT2D eigenvalue weighted by molar-refractivity contribution is 6.38. The summed E-state index contributed by atoms with van der Waals surface area (Å²) in [6.07, 6.45) is 7.07. The number of ether oxygens (including phenoxy) is 5. The van der Waals surface area contributed by atoms with Crippen LogP contribution < -0.4 is 0 Å². The van der Waals surface area contributed by atoms with Crippen LogP contribution in [0.2, 0.25) is 0 Å². The number of ketones is 2. The number of hydrogen-bond donors (Lipinski definition) is 2. The normalized spacial score (nSPS) is 37.8. The fraction of sp³-hybridized carbons (Fsp3) is 0.776. The molecule has 0 aromatic carbocycles. The van der Waals surface area contributed by atoms with E-state index in [2.05, 4.69) is 13.8 Å². The Bertz CT molecular complexity index is 1650. The zero-order chi connectivity index (χ0) is 46.1. The summed E-state index contributed by atoms with van der Waals surface area (Å²) >= 11 is 0. The predicted molar refractivity (Wildman–Crippen MR) is 235 cm³/mol. The van der Waals surface area contributed by atoms with Gasteiger partial charge >= 0.3 is 11.9 Å². The zero-order valence-electron chi connectivity index (χ0n) is 39.3. The van der Waals surface area contributed by atoms with E-state index in [0.29, 0.717) is 56.1 Å². The molecule has 2 N–H and O–H groups in total. The second-order valence-electron chi connectivity index (χ2n) is 20.0. The molecule has 0 aromatic heterocycles. The molecule has 4 rings (SSSR count). The van der Waals surface area contributed by atoms with E-state index < -0.39 is 71.7 Å². The minimum absolute atomic E-state index is 0.0135. The minimum atomic E-state index is -1.25. The number of aliphatic hydroxyl groups is 2. The molecule has 2 bridgehead atoms. The first-order chi connectivity index (χ1) is 29.1. The SMILES string of the molecule is COC1CC(C=C(C)C2OC(=O)C3CCCCN3C(=O)C(=O)C3OC(C(C)CC(C)CC(C)/C=C(\CC=CC(=O)OC(C)(C)C)C(=O)CC(O)C2C)C(OC)CC3C)CCC1O. The molecule has 2 saturated heterocycles. The molecule has 3 heterocycles. The van der Waals surface area contributed by atoms with Crippen molar-refractivity contribution in [2.24, 2.45) is 35.5 Å². The number of carbonyl (C=O) groups is 5. The number of aliphatic hydroxyl groups excluding tert-OH is 2. The van der Waals surface area contributed by atoms with E-state index in [9.17, 15) is 34.2 Å². The molecule has 14 atom stereocenters. The van der Waals surface area contributed by atoms with Crippen molar-refractivity contribution < 1.29 is 57.9 Å². The molecule has 3 fully saturated rings. The minimum Gasteiger partial charge on any atom is -0.457 e. The van der Waals surface area contributed by atoms with E-state index in [1.807, 2.05) is 32.9 Å². The quantitative estimate of drug-likeness (QED) is 0.121. The highest BCUT2D eigenvalue weighted by Crippen LogP contribution is 2.36. The van der Waals surface area contributed by atoms with Crippen molar-refractivity contribution in [2.45, 2.75) is 187 Å². The third-order valence-corrected chi connectivity index (χ3v) is 13.3. The lowest BCUT2D eigenvalue weighted by Crippen LogP contribution is -2.57. The van der Waals surface area contributed by atoms with E-state index in [-0.39, 0.29) is 67.0 Å². The van der Waals surface area contributed by atoms with E-state index in [0.717, 1.165) is 12.8 Å². The standard InChI is InChI=1S/C49H77NO12/c1-28-21-29(2)23-35(15-14-17-42(54)62-49(7,8)9)39(53)27-38(52)33(6)44(31(4)24-34-18-19-37(51)40(26-34)58-10)61-48(57)36-16-12-13-20-50(36)47(56)43(55)46-32(5)25-41(59-11)45(60-46)30(3)22-28/h14,17,23-24,28-30,32-34,36-38,40-41,44-46,51-52H,12-13,15-16,18-22,25-27H2,1-11H3/b17-14?,31-24?,35-23+. The molecule has 0 aromatic rings. The van der Waals surface area contributed by atoms with Gasteiger partial charge in [-0.05, 0) is 133 Å². The van der Waals surface area contributed by atoms with Gasteiger partial charge in [0, 0.05) is 39.2 Å². The molecular formula is C49H77NO12. The molecule has 13 heteroatoms. The van der Waals surface area contributed by atoms with Crippen molar-refractivity contribution in [3.05, 3.63) is 35.5 Å². The topological polar surface area (TPSA) is 175 Å². The Morgan fingerprint density at radius 2 is 1.58 bits per heavy atom. The smallest absolute Gasteiger partial charge is 0.330 e. The maximum Gasteiger partial charge on any atom is 0.330 e. The van der Waals surface area contributed by atoms with E-state index in [1.165, 1.54) is 11.0 Å². The first-order valence-corrected chi connectivity index (χ1v) is 23.1. The molecule has 4 aliphatic rings. The number of hydrogen-bond acceptors (Lipinski definition) is 12. The summed E-state index contributed by atoms with van der Waals surface area (Å²) in [6.45, 7) is 17.2. The lowest BCUT2D eigenvalue weighted by molar-refractivity contribution is -0.185. The van der Waals surface area contributed by atoms with Gasteiger partial charge in [0.05, 0.1) is 30.5 Å². The van der Waals surface area contributed by atoms with Crippen LogP contribution in [0.25, 0.3) is 0 Å². The molecular weight excluding hydrogens is 795 g/mol. The number of rotatable bonds is 7. The van der Waals surface area contributed by atoms with Gasteiger partial charge in [0.2, 0.25) is 5.78 Å². The molecule has 1 aliphatic carbocycles. The number of amides is 1. The fourth-order valence-electron chi connectivity index (χ4n) is 10.1. The Balaban J connectivity index is 1.76. The zero-order valence-corrected chi connectivity index (χ0v) is 39.3. The van der Waals surface area contributed by atoms with Gasteiger partial charge in [0.1, 0.15) is 23.9 Å². The number of nitrogens with zero attached hydrogens (tertiary/aromatic N) is 1. The van der Waals surface area contributed by atoms with Gasteiger partial charge in [-0.1, -0.05) is 52.8 Å². The summed E-state index contributed by atoms with van der Waals surface area (Å²) < 4.78 is 29.8. The molecule has 0 spiro atoms. The van der Waals surface area contributed by atoms with Gasteiger partial charge < -0.3 is 38.8 Å². The van der Waals surface area contributed by atoms with Gasteiger partial charge in [-0.15, -0.1) is 0 Å². The highest BCUT2D eigenvalue weighted by atomic mass is 16.6. The lowest BCUT2D eigenvalue weighted by atomic mass is 9.80. The van der Waals surface area contributed by atoms with Crippen molar-refractivity contribution >= 4 is 29.4 Å². The monoisotopic (exact) mass is 872 g/mol. The average molecular weight is 872 g/mol. The van der Waals surface area contributed by atoms with Gasteiger partial charge in [-0.3, -0.25) is 14.4 Å². The Labute approximate surface area is 370 Å². The van der Waals surface area contributed by atoms with Gasteiger partial charge in [-0.25, -0.2) is 9.59 Å². The Kier molecular flexibility index (Phi) is 19.2. The van der Waals surface area contributed by atoms with Crippen LogP contribution in [0.3, 0.4) is 0 Å². The van der Waals surface area contributed by atoms with Crippen LogP contribution in [-0.4, -0.2) is 120 Å². The first kappa shape index (κ1) is 51.4. The fourth-order valence-corrected chi connectivity index (χ4v) is 10.1. The summed E-state index contributed by atoms with van der Waals surface area (Å²) in [5.74, 6) is -3.99. The molecule has 1 amide bonds. The Morgan fingerprint density at radius 3 is 2.24 bits per heavy atom. The van der Waals surface area contributed by atoms with Crippen LogP contribution in [-0.2, 0) is 47.7 Å². The van der Waals surface area contributed by atoms with Crippen LogP contribution in [0.1, 0.15) is 133 Å². The second-order valence-corrected chi connectivity index (χ2v) is 20.0. The maximum atomic E-state index is 14.4. The summed E-state index contributed by atoms with van der Waals surface area (Å²) in [4.78, 5) is 71.0. The number of Topliss-reactive ketones (excluding diaryl/α,β-unsaturated/α-hetero) is 2. The van der Waals surface area contributed by atoms with Crippen molar-refractivity contribution in [1.82, 2.24) is 4.90 Å². The van der Waals surface area contributed by atoms with Crippen molar-refractivity contribution in [3.63, 3.8) is 0 Å². The summed E-state index contributed by atoms with van der Waals surface area (Å²) in [5.41, 5.74) is 0.425. The van der Waals surface area contributed by atoms with Crippen LogP contribution in [0.5, 0.6) is 0 Å². The summed E-state index contributed by atoms with van der Waals surface area (Å²) in [5, 5.41) is 22.4. The third kappa shape index (κ3) is 14.1. The molecule has 14 unspecified atom stereocenters. The van der Waals surface area contributed by atoms with Crippen LogP contribution in [0, 0.1) is 35.5 Å². The van der Waals surface area contributed by atoms with Crippen LogP contribution >= 0.6 is 0 Å². The second kappa shape index (κ2) is 23.1. The average Bonchev–Trinajstić information content (AvgIpc) is 3.20. The molecule has 1 saturated carbocycles. The van der Waals surface area contributed by atoms with E-state index in [4.69, 9.17) is 23.7 Å². The Hall–Kier alpha value is -3.23. The van der Waals surface area contributed by atoms with Crippen LogP contribution in [0.15, 0.2) is 35.5 Å². The van der Waals surface area contributed by atoms with Crippen molar-refractivity contribution in [3.8, 4) is 0 Å². The highest BCUT2D eigenvalue weighted by Gasteiger charge is 2.47. The number of carbonyl (C=O) groups excluding carboxylic acids is 5. The number of piperidine rings is 1. The maximum absolute atomic E-state index is 14.4. The molecule has 13 nitrogen and oxygen atoms in total. The van der Waals surface area contributed by atoms with Gasteiger partial charge in [-0.2, -0.15) is 0 Å².